The minimum absolute atomic E-state index is 0.00797. The molecule has 0 heterocycles. The molecular formula is C23H20Cl2N2O5S. The molecule has 0 atom stereocenters. The summed E-state index contributed by atoms with van der Waals surface area (Å²) in [5.41, 5.74) is 1.76. The van der Waals surface area contributed by atoms with Gasteiger partial charge in [0.2, 0.25) is 10.0 Å². The summed E-state index contributed by atoms with van der Waals surface area (Å²) in [6.07, 6.45) is 1.07. The Kier molecular flexibility index (Phi) is 7.63. The summed E-state index contributed by atoms with van der Waals surface area (Å²) in [6, 6.07) is 17.6. The zero-order valence-electron chi connectivity index (χ0n) is 17.7. The first-order valence-corrected chi connectivity index (χ1v) is 12.2. The number of rotatable bonds is 7. The predicted molar refractivity (Wildman–Crippen MR) is 130 cm³/mol. The van der Waals surface area contributed by atoms with Crippen LogP contribution < -0.4 is 9.62 Å². The van der Waals surface area contributed by atoms with Crippen LogP contribution in [0.4, 0.5) is 11.4 Å². The number of nitrogens with zero attached hydrogens (tertiary/aromatic N) is 1. The van der Waals surface area contributed by atoms with Gasteiger partial charge in [0.25, 0.3) is 5.91 Å². The van der Waals surface area contributed by atoms with Gasteiger partial charge < -0.3 is 10.1 Å². The summed E-state index contributed by atoms with van der Waals surface area (Å²) in [5, 5.41) is 3.06. The van der Waals surface area contributed by atoms with Crippen LogP contribution in [-0.4, -0.2) is 33.7 Å². The molecule has 10 heteroatoms. The number of carbonyl (C=O) groups excluding carboxylic acids is 2. The van der Waals surface area contributed by atoms with Gasteiger partial charge in [-0.05, 0) is 42.0 Å². The van der Waals surface area contributed by atoms with Crippen LogP contribution in [0.25, 0.3) is 0 Å². The molecule has 1 amide bonds. The number of ether oxygens (including phenoxy) is 1. The van der Waals surface area contributed by atoms with Crippen molar-refractivity contribution in [2.75, 3.05) is 23.0 Å². The molecule has 7 nitrogen and oxygen atoms in total. The number of hydrogen-bond donors (Lipinski definition) is 1. The number of nitrogens with one attached hydrogen (secondary N) is 1. The van der Waals surface area contributed by atoms with Crippen molar-refractivity contribution in [3.05, 3.63) is 93.5 Å². The first kappa shape index (κ1) is 24.6. The van der Waals surface area contributed by atoms with Crippen LogP contribution in [0.15, 0.2) is 66.7 Å². The summed E-state index contributed by atoms with van der Waals surface area (Å²) < 4.78 is 30.7. The molecular weight excluding hydrogens is 487 g/mol. The van der Waals surface area contributed by atoms with E-state index >= 15 is 0 Å². The number of benzene rings is 3. The lowest BCUT2D eigenvalue weighted by molar-refractivity contribution is 0.0602. The molecule has 0 radical (unpaired) electrons. The van der Waals surface area contributed by atoms with E-state index in [-0.39, 0.29) is 27.8 Å². The van der Waals surface area contributed by atoms with Gasteiger partial charge in [0.1, 0.15) is 0 Å². The third kappa shape index (κ3) is 5.84. The van der Waals surface area contributed by atoms with Crippen LogP contribution in [0, 0.1) is 0 Å². The van der Waals surface area contributed by atoms with E-state index < -0.39 is 21.9 Å². The van der Waals surface area contributed by atoms with Crippen LogP contribution >= 0.6 is 23.2 Å². The molecule has 3 aromatic rings. The van der Waals surface area contributed by atoms with E-state index in [4.69, 9.17) is 27.9 Å². The fourth-order valence-electron chi connectivity index (χ4n) is 3.07. The molecule has 1 N–H and O–H groups in total. The molecule has 0 spiro atoms. The molecule has 0 bridgehead atoms. The highest BCUT2D eigenvalue weighted by molar-refractivity contribution is 7.92. The lowest BCUT2D eigenvalue weighted by Gasteiger charge is -2.24. The van der Waals surface area contributed by atoms with Crippen molar-refractivity contribution in [1.82, 2.24) is 0 Å². The first-order valence-electron chi connectivity index (χ1n) is 9.61. The van der Waals surface area contributed by atoms with Gasteiger partial charge in [-0.1, -0.05) is 53.5 Å². The van der Waals surface area contributed by atoms with Crippen molar-refractivity contribution >= 4 is 56.5 Å². The zero-order valence-corrected chi connectivity index (χ0v) is 20.0. The quantitative estimate of drug-likeness (QED) is 0.455. The number of halogens is 2. The maximum atomic E-state index is 12.7. The Hall–Kier alpha value is -3.07. The highest BCUT2D eigenvalue weighted by Gasteiger charge is 2.22. The maximum absolute atomic E-state index is 12.7. The number of para-hydroxylation sites is 1. The van der Waals surface area contributed by atoms with Crippen LogP contribution in [0.1, 0.15) is 26.3 Å². The van der Waals surface area contributed by atoms with E-state index in [0.717, 1.165) is 10.6 Å². The van der Waals surface area contributed by atoms with Crippen molar-refractivity contribution in [3.63, 3.8) is 0 Å². The number of sulfonamides is 1. The zero-order chi connectivity index (χ0) is 24.2. The Morgan fingerprint density at radius 3 is 2.27 bits per heavy atom. The highest BCUT2D eigenvalue weighted by atomic mass is 35.5. The number of carbonyl (C=O) groups is 2. The molecule has 0 saturated heterocycles. The Bertz CT molecular complexity index is 1290. The molecule has 33 heavy (non-hydrogen) atoms. The van der Waals surface area contributed by atoms with Crippen molar-refractivity contribution in [1.29, 1.82) is 0 Å². The van der Waals surface area contributed by atoms with Gasteiger partial charge in [0.15, 0.2) is 0 Å². The van der Waals surface area contributed by atoms with Crippen molar-refractivity contribution in [2.24, 2.45) is 0 Å². The summed E-state index contributed by atoms with van der Waals surface area (Å²) >= 11 is 12.3. The van der Waals surface area contributed by atoms with E-state index in [1.165, 1.54) is 7.11 Å². The second-order valence-corrected chi connectivity index (χ2v) is 9.72. The smallest absolute Gasteiger partial charge is 0.339 e. The molecule has 0 saturated carbocycles. The molecule has 0 unspecified atom stereocenters. The Labute approximate surface area is 201 Å². The van der Waals surface area contributed by atoms with Gasteiger partial charge in [0.05, 0.1) is 46.9 Å². The van der Waals surface area contributed by atoms with Gasteiger partial charge in [-0.15, -0.1) is 0 Å². The van der Waals surface area contributed by atoms with Gasteiger partial charge >= 0.3 is 5.97 Å². The summed E-state index contributed by atoms with van der Waals surface area (Å²) in [6.45, 7) is -0.00797. The Morgan fingerprint density at radius 1 is 0.970 bits per heavy atom. The topological polar surface area (TPSA) is 92.8 Å². The monoisotopic (exact) mass is 506 g/mol. The molecule has 3 rings (SSSR count). The lowest BCUT2D eigenvalue weighted by atomic mass is 10.1. The molecule has 3 aromatic carbocycles. The number of anilines is 2. The maximum Gasteiger partial charge on any atom is 0.339 e. The molecule has 0 aromatic heterocycles. The number of methoxy groups -OCH3 is 1. The number of hydrogen-bond acceptors (Lipinski definition) is 5. The van der Waals surface area contributed by atoms with Crippen LogP contribution in [0.2, 0.25) is 10.0 Å². The summed E-state index contributed by atoms with van der Waals surface area (Å²) in [5.74, 6) is -1.00. The average molecular weight is 507 g/mol. The molecule has 0 aliphatic rings. The number of esters is 1. The van der Waals surface area contributed by atoms with E-state index in [1.807, 2.05) is 0 Å². The Balaban J connectivity index is 1.82. The highest BCUT2D eigenvalue weighted by Crippen LogP contribution is 2.34. The van der Waals surface area contributed by atoms with E-state index in [2.05, 4.69) is 5.32 Å². The van der Waals surface area contributed by atoms with Gasteiger partial charge in [-0.3, -0.25) is 9.10 Å². The summed E-state index contributed by atoms with van der Waals surface area (Å²) in [4.78, 5) is 24.6. The van der Waals surface area contributed by atoms with E-state index in [9.17, 15) is 18.0 Å². The fourth-order valence-corrected chi connectivity index (χ4v) is 4.41. The fraction of sp³-hybridized carbons (Fsp3) is 0.130. The van der Waals surface area contributed by atoms with Crippen molar-refractivity contribution in [2.45, 2.75) is 6.54 Å². The largest absolute Gasteiger partial charge is 0.465 e. The third-order valence-corrected chi connectivity index (χ3v) is 6.66. The SMILES string of the molecule is COC(=O)c1ccccc1NC(=O)c1ccc(CN(c2cccc(Cl)c2Cl)S(C)(=O)=O)cc1. The standard InChI is InChI=1S/C23H20Cl2N2O5S/c1-32-23(29)17-6-3-4-8-19(17)26-22(28)16-12-10-15(11-13-16)14-27(33(2,30)31)20-9-5-7-18(24)21(20)25/h3-13H,14H2,1-2H3,(H,26,28). The normalized spacial score (nSPS) is 11.0. The van der Waals surface area contributed by atoms with E-state index in [1.54, 1.807) is 66.7 Å². The molecule has 0 aliphatic carbocycles. The Morgan fingerprint density at radius 2 is 1.64 bits per heavy atom. The van der Waals surface area contributed by atoms with Crippen molar-refractivity contribution in [3.8, 4) is 0 Å². The summed E-state index contributed by atoms with van der Waals surface area (Å²) in [7, 11) is -2.41. The first-order chi connectivity index (χ1) is 15.6. The van der Waals surface area contributed by atoms with Gasteiger partial charge in [-0.2, -0.15) is 0 Å². The number of amides is 1. The average Bonchev–Trinajstić information content (AvgIpc) is 2.79. The van der Waals surface area contributed by atoms with Crippen LogP contribution in [0.3, 0.4) is 0 Å². The van der Waals surface area contributed by atoms with Crippen LogP contribution in [-0.2, 0) is 21.3 Å². The lowest BCUT2D eigenvalue weighted by Crippen LogP contribution is -2.29. The minimum atomic E-state index is -3.67. The molecule has 0 aliphatic heterocycles. The molecule has 0 fully saturated rings. The van der Waals surface area contributed by atoms with Gasteiger partial charge in [-0.25, -0.2) is 13.2 Å². The van der Waals surface area contributed by atoms with Crippen LogP contribution in [0.5, 0.6) is 0 Å². The molecule has 172 valence electrons. The third-order valence-electron chi connectivity index (χ3n) is 4.72. The second kappa shape index (κ2) is 10.2. The van der Waals surface area contributed by atoms with Crippen molar-refractivity contribution < 1.29 is 22.7 Å². The van der Waals surface area contributed by atoms with E-state index in [0.29, 0.717) is 16.8 Å². The predicted octanol–water partition coefficient (Wildman–Crippen LogP) is 5.00. The second-order valence-electron chi connectivity index (χ2n) is 7.03. The van der Waals surface area contributed by atoms with Gasteiger partial charge in [0, 0.05) is 5.56 Å². The minimum Gasteiger partial charge on any atom is -0.465 e.